The molecule has 9 heteroatoms. The first-order valence-corrected chi connectivity index (χ1v) is 7.28. The predicted octanol–water partition coefficient (Wildman–Crippen LogP) is 3.72. The molecule has 25 heavy (non-hydrogen) atoms. The number of nitrogens with one attached hydrogen (secondary N) is 2. The molecule has 0 radical (unpaired) electrons. The van der Waals surface area contributed by atoms with Crippen LogP contribution in [-0.4, -0.2) is 22.4 Å². The topological polar surface area (TPSA) is 73.7 Å². The number of halogens is 3. The van der Waals surface area contributed by atoms with E-state index < -0.39 is 17.7 Å². The van der Waals surface area contributed by atoms with Gasteiger partial charge in [-0.25, -0.2) is 4.79 Å². The van der Waals surface area contributed by atoms with Crippen molar-refractivity contribution in [1.29, 1.82) is 0 Å². The quantitative estimate of drug-likeness (QED) is 0.436. The van der Waals surface area contributed by atoms with E-state index >= 15 is 0 Å². The van der Waals surface area contributed by atoms with E-state index in [2.05, 4.69) is 15.8 Å². The molecule has 0 heterocycles. The highest BCUT2D eigenvalue weighted by Gasteiger charge is 2.33. The molecule has 0 aliphatic rings. The number of benzene rings is 2. The fourth-order valence-electron chi connectivity index (χ4n) is 1.95. The van der Waals surface area contributed by atoms with Gasteiger partial charge < -0.3 is 10.4 Å². The number of nitrogens with zero attached hydrogens (tertiary/aromatic N) is 1. The Bertz CT molecular complexity index is 822. The van der Waals surface area contributed by atoms with E-state index in [-0.39, 0.29) is 16.4 Å². The summed E-state index contributed by atoms with van der Waals surface area (Å²) in [5.74, 6) is -1.12. The Morgan fingerprint density at radius 3 is 2.44 bits per heavy atom. The highest BCUT2D eigenvalue weighted by atomic mass is 32.1. The molecule has 0 amide bonds. The second-order valence-electron chi connectivity index (χ2n) is 4.76. The molecule has 0 fully saturated rings. The molecule has 0 spiro atoms. The molecule has 3 N–H and O–H groups in total. The number of anilines is 1. The van der Waals surface area contributed by atoms with Crippen LogP contribution in [0.5, 0.6) is 0 Å². The minimum absolute atomic E-state index is 0.0364. The third-order valence-electron chi connectivity index (χ3n) is 3.04. The summed E-state index contributed by atoms with van der Waals surface area (Å²) in [6, 6.07) is 11.0. The zero-order chi connectivity index (χ0) is 18.4. The van der Waals surface area contributed by atoms with E-state index in [1.54, 1.807) is 12.1 Å². The van der Waals surface area contributed by atoms with Crippen LogP contribution in [0.15, 0.2) is 53.6 Å². The van der Waals surface area contributed by atoms with Crippen LogP contribution < -0.4 is 10.7 Å². The molecular formula is C16H12F3N3O2S. The number of rotatable bonds is 4. The Morgan fingerprint density at radius 2 is 1.76 bits per heavy atom. The first-order valence-electron chi connectivity index (χ1n) is 6.87. The van der Waals surface area contributed by atoms with Gasteiger partial charge in [-0.05, 0) is 30.4 Å². The number of hydrogen-bond acceptors (Lipinski definition) is 3. The van der Waals surface area contributed by atoms with Crippen molar-refractivity contribution < 1.29 is 23.1 Å². The molecule has 5 nitrogen and oxygen atoms in total. The lowest BCUT2D eigenvalue weighted by atomic mass is 10.1. The van der Waals surface area contributed by atoms with Gasteiger partial charge in [0.2, 0.25) is 0 Å². The van der Waals surface area contributed by atoms with Gasteiger partial charge >= 0.3 is 12.1 Å². The first kappa shape index (κ1) is 18.4. The number of hydrazone groups is 1. The normalized spacial score (nSPS) is 11.3. The van der Waals surface area contributed by atoms with E-state index in [0.717, 1.165) is 6.07 Å². The van der Waals surface area contributed by atoms with Crippen LogP contribution in [0.4, 0.5) is 18.9 Å². The minimum atomic E-state index is -4.52. The van der Waals surface area contributed by atoms with Crippen LogP contribution in [0.3, 0.4) is 0 Å². The Balaban J connectivity index is 2.07. The molecule has 0 aliphatic heterocycles. The lowest BCUT2D eigenvalue weighted by Crippen LogP contribution is -2.25. The van der Waals surface area contributed by atoms with Crippen molar-refractivity contribution in [2.45, 2.75) is 6.18 Å². The third kappa shape index (κ3) is 5.01. The van der Waals surface area contributed by atoms with Crippen LogP contribution in [-0.2, 0) is 6.18 Å². The standard InChI is InChI=1S/C16H12F3N3O2S/c17-16(18,19)12-7-3-4-8-13(12)21-15(25)22-20-9-10-5-1-2-6-11(10)14(23)24/h1-9H,(H,23,24)(H2,21,22,25)/b20-9+. The van der Waals surface area contributed by atoms with Crippen LogP contribution >= 0.6 is 12.2 Å². The summed E-state index contributed by atoms with van der Waals surface area (Å²) in [5.41, 5.74) is 1.63. The fraction of sp³-hybridized carbons (Fsp3) is 0.0625. The van der Waals surface area contributed by atoms with E-state index in [1.165, 1.54) is 36.5 Å². The highest BCUT2D eigenvalue weighted by Crippen LogP contribution is 2.34. The van der Waals surface area contributed by atoms with Crippen molar-refractivity contribution in [1.82, 2.24) is 5.43 Å². The Morgan fingerprint density at radius 1 is 1.12 bits per heavy atom. The molecule has 130 valence electrons. The van der Waals surface area contributed by atoms with Crippen LogP contribution in [0.25, 0.3) is 0 Å². The summed E-state index contributed by atoms with van der Waals surface area (Å²) in [4.78, 5) is 11.1. The summed E-state index contributed by atoms with van der Waals surface area (Å²) in [6.07, 6.45) is -3.31. The van der Waals surface area contributed by atoms with Crippen molar-refractivity contribution >= 4 is 35.2 Å². The fourth-order valence-corrected chi connectivity index (χ4v) is 2.12. The van der Waals surface area contributed by atoms with Crippen LogP contribution in [0.1, 0.15) is 21.5 Å². The average molecular weight is 367 g/mol. The summed E-state index contributed by atoms with van der Waals surface area (Å²) in [6.45, 7) is 0. The number of para-hydroxylation sites is 1. The smallest absolute Gasteiger partial charge is 0.418 e. The Hall–Kier alpha value is -2.94. The van der Waals surface area contributed by atoms with Gasteiger partial charge in [-0.1, -0.05) is 30.3 Å². The number of carboxylic acids is 1. The molecular weight excluding hydrogens is 355 g/mol. The summed E-state index contributed by atoms with van der Waals surface area (Å²) < 4.78 is 38.7. The Kier molecular flexibility index (Phi) is 5.71. The summed E-state index contributed by atoms with van der Waals surface area (Å²) in [7, 11) is 0. The second-order valence-corrected chi connectivity index (χ2v) is 5.17. The SMILES string of the molecule is O=C(O)c1ccccc1/C=N/NC(=S)Nc1ccccc1C(F)(F)F. The second kappa shape index (κ2) is 7.75. The number of aromatic carboxylic acids is 1. The van der Waals surface area contributed by atoms with E-state index in [9.17, 15) is 18.0 Å². The molecule has 0 aromatic heterocycles. The monoisotopic (exact) mass is 367 g/mol. The van der Waals surface area contributed by atoms with Crippen molar-refractivity contribution in [3.63, 3.8) is 0 Å². The summed E-state index contributed by atoms with van der Waals surface area (Å²) >= 11 is 4.90. The highest BCUT2D eigenvalue weighted by molar-refractivity contribution is 7.80. The van der Waals surface area contributed by atoms with Gasteiger partial charge in [0.1, 0.15) is 0 Å². The Labute approximate surface area is 146 Å². The van der Waals surface area contributed by atoms with Gasteiger partial charge in [0, 0.05) is 5.56 Å². The number of alkyl halides is 3. The van der Waals surface area contributed by atoms with Gasteiger partial charge in [-0.2, -0.15) is 18.3 Å². The van der Waals surface area contributed by atoms with Gasteiger partial charge in [0.25, 0.3) is 0 Å². The lowest BCUT2D eigenvalue weighted by Gasteiger charge is -2.14. The molecule has 2 aromatic carbocycles. The maximum absolute atomic E-state index is 12.9. The van der Waals surface area contributed by atoms with Gasteiger partial charge in [0.15, 0.2) is 5.11 Å². The number of carbonyl (C=O) groups is 1. The zero-order valence-electron chi connectivity index (χ0n) is 12.5. The molecule has 0 aliphatic carbocycles. The van der Waals surface area contributed by atoms with Gasteiger partial charge in [0.05, 0.1) is 23.0 Å². The van der Waals surface area contributed by atoms with Gasteiger partial charge in [-0.15, -0.1) is 0 Å². The van der Waals surface area contributed by atoms with E-state index in [0.29, 0.717) is 5.56 Å². The van der Waals surface area contributed by atoms with Crippen molar-refractivity contribution in [3.05, 3.63) is 65.2 Å². The molecule has 2 aromatic rings. The van der Waals surface area contributed by atoms with Crippen LogP contribution in [0, 0.1) is 0 Å². The van der Waals surface area contributed by atoms with Gasteiger partial charge in [-0.3, -0.25) is 5.43 Å². The molecule has 2 rings (SSSR count). The molecule has 0 unspecified atom stereocenters. The molecule has 0 saturated heterocycles. The van der Waals surface area contributed by atoms with Crippen molar-refractivity contribution in [2.75, 3.05) is 5.32 Å². The average Bonchev–Trinajstić information content (AvgIpc) is 2.54. The van der Waals surface area contributed by atoms with E-state index in [1.807, 2.05) is 0 Å². The molecule has 0 saturated carbocycles. The predicted molar refractivity (Wildman–Crippen MR) is 91.8 cm³/mol. The third-order valence-corrected chi connectivity index (χ3v) is 3.23. The summed E-state index contributed by atoms with van der Waals surface area (Å²) in [5, 5.41) is 15.0. The van der Waals surface area contributed by atoms with Crippen LogP contribution in [0.2, 0.25) is 0 Å². The molecule has 0 atom stereocenters. The first-order chi connectivity index (χ1) is 11.8. The maximum Gasteiger partial charge on any atom is 0.418 e. The minimum Gasteiger partial charge on any atom is -0.478 e. The van der Waals surface area contributed by atoms with Crippen molar-refractivity contribution in [3.8, 4) is 0 Å². The van der Waals surface area contributed by atoms with Crippen molar-refractivity contribution in [2.24, 2.45) is 5.10 Å². The molecule has 0 bridgehead atoms. The number of carboxylic acid groups (broad SMARTS) is 1. The maximum atomic E-state index is 12.9. The zero-order valence-corrected chi connectivity index (χ0v) is 13.4. The number of hydrogen-bond donors (Lipinski definition) is 3. The largest absolute Gasteiger partial charge is 0.478 e. The van der Waals surface area contributed by atoms with E-state index in [4.69, 9.17) is 17.3 Å². The number of thiocarbonyl (C=S) groups is 1. The lowest BCUT2D eigenvalue weighted by molar-refractivity contribution is -0.136.